The maximum absolute atomic E-state index is 13.1. The van der Waals surface area contributed by atoms with Crippen molar-refractivity contribution >= 4 is 5.91 Å². The first-order valence-corrected chi connectivity index (χ1v) is 30.9. The van der Waals surface area contributed by atoms with Gasteiger partial charge in [-0.15, -0.1) is 0 Å². The summed E-state index contributed by atoms with van der Waals surface area (Å²) in [5.74, 6) is -0.692. The summed E-state index contributed by atoms with van der Waals surface area (Å²) in [7, 11) is 0. The van der Waals surface area contributed by atoms with Crippen LogP contribution in [0.15, 0.2) is 0 Å². The molecule has 1 saturated heterocycles. The van der Waals surface area contributed by atoms with Crippen LogP contribution in [-0.2, 0) is 14.3 Å². The third kappa shape index (κ3) is 38.3. The molecule has 0 aromatic carbocycles. The Morgan fingerprint density at radius 3 is 1.04 bits per heavy atom. The highest BCUT2D eigenvalue weighted by molar-refractivity contribution is 5.80. The van der Waals surface area contributed by atoms with Gasteiger partial charge >= 0.3 is 0 Å². The summed E-state index contributed by atoms with van der Waals surface area (Å²) < 4.78 is 11.1. The monoisotopic (exact) mass is 1010 g/mol. The standard InChI is InChI=1S/C60H119NO10/c1-3-5-7-9-11-13-15-17-18-19-20-21-22-23-24-25-26-27-28-29-30-31-32-33-34-35-36-38-39-41-43-45-47-52(63)55(65)51(50-70-60-58(68)57(67)56(66)54(49-62)71-60)61-59(69)53(64)48-46-44-42-40-37-16-14-12-10-8-6-4-2/h51-58,60,62-68H,3-50H2,1-2H3,(H,61,69). The Morgan fingerprint density at radius 1 is 0.437 bits per heavy atom. The number of unbranched alkanes of at least 4 members (excludes halogenated alkanes) is 42. The highest BCUT2D eigenvalue weighted by Crippen LogP contribution is 2.24. The van der Waals surface area contributed by atoms with Crippen molar-refractivity contribution in [1.82, 2.24) is 5.32 Å². The van der Waals surface area contributed by atoms with E-state index in [1.54, 1.807) is 0 Å². The third-order valence-corrected chi connectivity index (χ3v) is 15.4. The zero-order chi connectivity index (χ0) is 51.8. The van der Waals surface area contributed by atoms with E-state index in [4.69, 9.17) is 9.47 Å². The van der Waals surface area contributed by atoms with Crippen LogP contribution in [0.5, 0.6) is 0 Å². The van der Waals surface area contributed by atoms with Gasteiger partial charge in [0.05, 0.1) is 25.4 Å². The number of aliphatic hydroxyl groups excluding tert-OH is 7. The first-order chi connectivity index (χ1) is 34.7. The fourth-order valence-corrected chi connectivity index (χ4v) is 10.4. The van der Waals surface area contributed by atoms with Gasteiger partial charge in [-0.25, -0.2) is 0 Å². The van der Waals surface area contributed by atoms with E-state index >= 15 is 0 Å². The maximum Gasteiger partial charge on any atom is 0.249 e. The second-order valence-corrected chi connectivity index (χ2v) is 22.1. The molecular formula is C60H119NO10. The average Bonchev–Trinajstić information content (AvgIpc) is 3.37. The molecule has 1 rings (SSSR count). The van der Waals surface area contributed by atoms with E-state index in [9.17, 15) is 40.5 Å². The molecule has 424 valence electrons. The van der Waals surface area contributed by atoms with Gasteiger partial charge in [0, 0.05) is 0 Å². The molecule has 0 aliphatic carbocycles. The van der Waals surface area contributed by atoms with Gasteiger partial charge in [-0.1, -0.05) is 296 Å². The van der Waals surface area contributed by atoms with Crippen LogP contribution in [-0.4, -0.2) is 110 Å². The van der Waals surface area contributed by atoms with E-state index in [0.29, 0.717) is 19.3 Å². The predicted molar refractivity (Wildman–Crippen MR) is 293 cm³/mol. The van der Waals surface area contributed by atoms with Crippen LogP contribution in [0.4, 0.5) is 0 Å². The minimum absolute atomic E-state index is 0.266. The van der Waals surface area contributed by atoms with Crippen molar-refractivity contribution in [2.45, 2.75) is 364 Å². The van der Waals surface area contributed by atoms with Crippen molar-refractivity contribution in [1.29, 1.82) is 0 Å². The lowest BCUT2D eigenvalue weighted by Gasteiger charge is -2.40. The summed E-state index contributed by atoms with van der Waals surface area (Å²) in [4.78, 5) is 13.1. The van der Waals surface area contributed by atoms with E-state index in [2.05, 4.69) is 19.2 Å². The Morgan fingerprint density at radius 2 is 0.732 bits per heavy atom. The molecule has 0 aromatic rings. The lowest BCUT2D eigenvalue weighted by Crippen LogP contribution is -2.60. The van der Waals surface area contributed by atoms with E-state index in [1.807, 2.05) is 0 Å². The first-order valence-electron chi connectivity index (χ1n) is 30.9. The van der Waals surface area contributed by atoms with Gasteiger partial charge in [0.1, 0.15) is 36.6 Å². The Bertz CT molecular complexity index is 1120. The number of aliphatic hydroxyl groups is 7. The van der Waals surface area contributed by atoms with Crippen LogP contribution in [0, 0.1) is 0 Å². The van der Waals surface area contributed by atoms with Gasteiger partial charge in [0.25, 0.3) is 0 Å². The largest absolute Gasteiger partial charge is 0.394 e. The van der Waals surface area contributed by atoms with Gasteiger partial charge in [-0.05, 0) is 12.8 Å². The molecule has 1 amide bonds. The highest BCUT2D eigenvalue weighted by atomic mass is 16.7. The summed E-state index contributed by atoms with van der Waals surface area (Å²) >= 11 is 0. The van der Waals surface area contributed by atoms with Crippen LogP contribution >= 0.6 is 0 Å². The molecule has 0 aromatic heterocycles. The Balaban J connectivity index is 2.16. The molecule has 9 unspecified atom stereocenters. The normalized spacial score (nSPS) is 20.0. The third-order valence-electron chi connectivity index (χ3n) is 15.4. The molecule has 0 radical (unpaired) electrons. The number of hydrogen-bond donors (Lipinski definition) is 8. The van der Waals surface area contributed by atoms with Crippen LogP contribution < -0.4 is 5.32 Å². The molecule has 8 N–H and O–H groups in total. The molecule has 11 heteroatoms. The number of hydrogen-bond acceptors (Lipinski definition) is 10. The topological polar surface area (TPSA) is 189 Å². The smallest absolute Gasteiger partial charge is 0.249 e. The van der Waals surface area contributed by atoms with Crippen LogP contribution in [0.3, 0.4) is 0 Å². The number of carbonyl (C=O) groups excluding carboxylic acids is 1. The molecule has 1 aliphatic rings. The second kappa shape index (κ2) is 50.0. The van der Waals surface area contributed by atoms with Gasteiger partial charge in [-0.2, -0.15) is 0 Å². The van der Waals surface area contributed by atoms with Crippen molar-refractivity contribution < 1.29 is 50.0 Å². The molecule has 11 nitrogen and oxygen atoms in total. The van der Waals surface area contributed by atoms with Gasteiger partial charge in [-0.3, -0.25) is 4.79 Å². The predicted octanol–water partition coefficient (Wildman–Crippen LogP) is 13.4. The lowest BCUT2D eigenvalue weighted by atomic mass is 9.98. The van der Waals surface area contributed by atoms with Crippen molar-refractivity contribution in [3.63, 3.8) is 0 Å². The number of amides is 1. The van der Waals surface area contributed by atoms with Crippen LogP contribution in [0.1, 0.15) is 309 Å². The highest BCUT2D eigenvalue weighted by Gasteiger charge is 2.44. The summed E-state index contributed by atoms with van der Waals surface area (Å²) in [6.07, 6.45) is 46.2. The SMILES string of the molecule is CCCCCCCCCCCCCCCCCCCCCCCCCCCCCCCCCCC(O)C(O)C(COC1OC(CO)C(O)C(O)C1O)NC(=O)C(O)CCCCCCCCCCCCCC. The van der Waals surface area contributed by atoms with Gasteiger partial charge < -0.3 is 50.5 Å². The maximum atomic E-state index is 13.1. The minimum atomic E-state index is -1.66. The molecule has 1 heterocycles. The van der Waals surface area contributed by atoms with Crippen molar-refractivity contribution in [2.24, 2.45) is 0 Å². The van der Waals surface area contributed by atoms with Crippen LogP contribution in [0.2, 0.25) is 0 Å². The fraction of sp³-hybridized carbons (Fsp3) is 0.983. The molecule has 1 fully saturated rings. The van der Waals surface area contributed by atoms with Crippen molar-refractivity contribution in [3.05, 3.63) is 0 Å². The van der Waals surface area contributed by atoms with Crippen molar-refractivity contribution in [3.8, 4) is 0 Å². The van der Waals surface area contributed by atoms with Gasteiger partial charge in [0.15, 0.2) is 6.29 Å². The van der Waals surface area contributed by atoms with E-state index < -0.39 is 74.2 Å². The Kier molecular flexibility index (Phi) is 47.9. The summed E-state index contributed by atoms with van der Waals surface area (Å²) in [6.45, 7) is 3.48. The molecule has 0 bridgehead atoms. The number of rotatable bonds is 54. The van der Waals surface area contributed by atoms with E-state index in [1.165, 1.54) is 231 Å². The molecule has 71 heavy (non-hydrogen) atoms. The average molecular weight is 1010 g/mol. The zero-order valence-corrected chi connectivity index (χ0v) is 46.5. The zero-order valence-electron chi connectivity index (χ0n) is 46.5. The summed E-state index contributed by atoms with van der Waals surface area (Å²) in [6, 6.07) is -1.16. The minimum Gasteiger partial charge on any atom is -0.394 e. The summed E-state index contributed by atoms with van der Waals surface area (Å²) in [5.41, 5.74) is 0. The molecule has 0 spiro atoms. The quantitative estimate of drug-likeness (QED) is 0.0272. The van der Waals surface area contributed by atoms with E-state index in [-0.39, 0.29) is 6.42 Å². The van der Waals surface area contributed by atoms with Crippen molar-refractivity contribution in [2.75, 3.05) is 13.2 Å². The Labute approximate surface area is 437 Å². The Hall–Kier alpha value is -0.890. The molecule has 1 aliphatic heterocycles. The second-order valence-electron chi connectivity index (χ2n) is 22.1. The molecular weight excluding hydrogens is 895 g/mol. The fourth-order valence-electron chi connectivity index (χ4n) is 10.4. The van der Waals surface area contributed by atoms with Crippen LogP contribution in [0.25, 0.3) is 0 Å². The molecule has 9 atom stereocenters. The number of ether oxygens (including phenoxy) is 2. The summed E-state index contributed by atoms with van der Waals surface area (Å²) in [5, 5.41) is 76.1. The number of nitrogens with one attached hydrogen (secondary N) is 1. The van der Waals surface area contributed by atoms with Gasteiger partial charge in [0.2, 0.25) is 5.91 Å². The molecule has 0 saturated carbocycles. The first kappa shape index (κ1) is 68.1. The number of carbonyl (C=O) groups is 1. The lowest BCUT2D eigenvalue weighted by molar-refractivity contribution is -0.303. The van der Waals surface area contributed by atoms with E-state index in [0.717, 1.165) is 38.5 Å².